The highest BCUT2D eigenvalue weighted by atomic mass is 35.5. The lowest BCUT2D eigenvalue weighted by Crippen LogP contribution is -2.20. The Morgan fingerprint density at radius 3 is 2.23 bits per heavy atom. The number of para-hydroxylation sites is 2. The predicted molar refractivity (Wildman–Crippen MR) is 163 cm³/mol. The number of pyridine rings is 2. The molecule has 3 aromatic carbocycles. The van der Waals surface area contributed by atoms with Crippen LogP contribution >= 0.6 is 11.6 Å². The smallest absolute Gasteiger partial charge is 0.339 e. The Labute approximate surface area is 253 Å². The largest absolute Gasteiger partial charge is 0.478 e. The molecule has 9 heteroatoms. The van der Waals surface area contributed by atoms with E-state index < -0.39 is 11.8 Å². The summed E-state index contributed by atoms with van der Waals surface area (Å²) in [6.45, 7) is 0.844. The van der Waals surface area contributed by atoms with Crippen LogP contribution in [-0.4, -0.2) is 33.4 Å². The third kappa shape index (κ3) is 6.66. The molecule has 6 rings (SSSR count). The number of anilines is 2. The summed E-state index contributed by atoms with van der Waals surface area (Å²) in [5.74, 6) is 0.222. The Bertz CT molecular complexity index is 1760. The number of nitrogens with zero attached hydrogens (tertiary/aromatic N) is 3. The van der Waals surface area contributed by atoms with Gasteiger partial charge in [-0.2, -0.15) is 0 Å². The van der Waals surface area contributed by atoms with Crippen molar-refractivity contribution in [3.8, 4) is 23.0 Å². The second-order valence-electron chi connectivity index (χ2n) is 10.1. The number of benzene rings is 3. The van der Waals surface area contributed by atoms with E-state index in [0.29, 0.717) is 28.2 Å². The minimum Gasteiger partial charge on any atom is -0.478 e. The van der Waals surface area contributed by atoms with Crippen LogP contribution in [0.15, 0.2) is 110 Å². The summed E-state index contributed by atoms with van der Waals surface area (Å²) in [5.41, 5.74) is 2.06. The number of carbonyl (C=O) groups excluding carboxylic acids is 1. The minimum atomic E-state index is -1.24. The molecule has 8 nitrogen and oxygen atoms in total. The number of aromatic carboxylic acids is 1. The Hall–Kier alpha value is -5.21. The van der Waals surface area contributed by atoms with Crippen LogP contribution in [0.25, 0.3) is 0 Å². The maximum absolute atomic E-state index is 13.4. The van der Waals surface area contributed by atoms with Gasteiger partial charge in [-0.1, -0.05) is 23.7 Å². The summed E-state index contributed by atoms with van der Waals surface area (Å²) in [6, 6.07) is 25.8. The number of hydrogen-bond acceptors (Lipinski definition) is 7. The number of rotatable bonds is 11. The van der Waals surface area contributed by atoms with Crippen LogP contribution in [-0.2, 0) is 0 Å². The molecule has 0 unspecified atom stereocenters. The van der Waals surface area contributed by atoms with Crippen molar-refractivity contribution in [1.29, 1.82) is 0 Å². The van der Waals surface area contributed by atoms with Crippen molar-refractivity contribution in [3.05, 3.63) is 131 Å². The zero-order valence-electron chi connectivity index (χ0n) is 22.9. The van der Waals surface area contributed by atoms with E-state index in [1.165, 1.54) is 31.0 Å². The molecule has 0 bridgehead atoms. The van der Waals surface area contributed by atoms with Crippen LogP contribution in [0.5, 0.6) is 23.0 Å². The van der Waals surface area contributed by atoms with Gasteiger partial charge in [-0.3, -0.25) is 14.8 Å². The number of halogens is 1. The topological polar surface area (TPSA) is 102 Å². The summed E-state index contributed by atoms with van der Waals surface area (Å²) in [6.07, 6.45) is 7.22. The molecule has 1 aliphatic rings. The first kappa shape index (κ1) is 27.9. The Morgan fingerprint density at radius 2 is 1.58 bits per heavy atom. The molecule has 214 valence electrons. The van der Waals surface area contributed by atoms with Gasteiger partial charge >= 0.3 is 5.97 Å². The monoisotopic (exact) mass is 591 g/mol. The Kier molecular flexibility index (Phi) is 8.02. The van der Waals surface area contributed by atoms with Crippen molar-refractivity contribution in [2.24, 2.45) is 5.92 Å². The van der Waals surface area contributed by atoms with Crippen LogP contribution in [0.2, 0.25) is 5.02 Å². The van der Waals surface area contributed by atoms with Gasteiger partial charge in [0.05, 0.1) is 18.1 Å². The fraction of sp³-hybridized carbons (Fsp3) is 0.118. The molecule has 0 saturated heterocycles. The van der Waals surface area contributed by atoms with Crippen LogP contribution in [0.3, 0.4) is 0 Å². The van der Waals surface area contributed by atoms with E-state index in [1.54, 1.807) is 61.1 Å². The number of ether oxygens (including phenoxy) is 2. The molecule has 0 atom stereocenters. The van der Waals surface area contributed by atoms with E-state index in [2.05, 4.69) is 14.9 Å². The lowest BCUT2D eigenvalue weighted by molar-refractivity contribution is 0.0694. The number of ketones is 1. The van der Waals surface area contributed by atoms with Gasteiger partial charge in [-0.05, 0) is 97.6 Å². The molecule has 2 aromatic heterocycles. The number of carbonyl (C=O) groups is 2. The summed E-state index contributed by atoms with van der Waals surface area (Å²) in [4.78, 5) is 36.2. The van der Waals surface area contributed by atoms with Crippen LogP contribution < -0.4 is 14.4 Å². The number of carboxylic acids is 1. The molecule has 0 radical (unpaired) electrons. The fourth-order valence-electron chi connectivity index (χ4n) is 4.57. The van der Waals surface area contributed by atoms with Crippen LogP contribution in [0.4, 0.5) is 11.4 Å². The highest BCUT2D eigenvalue weighted by molar-refractivity contribution is 6.30. The molecule has 0 amide bonds. The Morgan fingerprint density at radius 1 is 0.837 bits per heavy atom. The van der Waals surface area contributed by atoms with Crippen molar-refractivity contribution in [2.45, 2.75) is 12.8 Å². The molecule has 1 saturated carbocycles. The summed E-state index contributed by atoms with van der Waals surface area (Å²) in [7, 11) is 0. The quantitative estimate of drug-likeness (QED) is 0.153. The number of aromatic nitrogens is 2. The SMILES string of the molecule is O=C(c1ccc(Oc2ccccc2Oc2cccnc2)c(C(=O)O)c1)c1ccc(N(CC2CC2)c2ccc(Cl)cc2)cn1. The molecule has 43 heavy (non-hydrogen) atoms. The van der Waals surface area contributed by atoms with Gasteiger partial charge in [0.15, 0.2) is 11.5 Å². The maximum atomic E-state index is 13.4. The zero-order chi connectivity index (χ0) is 29.8. The van der Waals surface area contributed by atoms with E-state index >= 15 is 0 Å². The van der Waals surface area contributed by atoms with E-state index in [0.717, 1.165) is 17.9 Å². The summed E-state index contributed by atoms with van der Waals surface area (Å²) < 4.78 is 11.9. The normalized spacial score (nSPS) is 12.4. The van der Waals surface area contributed by atoms with Crippen molar-refractivity contribution < 1.29 is 24.2 Å². The first-order valence-electron chi connectivity index (χ1n) is 13.7. The number of carboxylic acid groups (broad SMARTS) is 1. The molecule has 2 heterocycles. The second kappa shape index (κ2) is 12.3. The van der Waals surface area contributed by atoms with Gasteiger partial charge in [0.1, 0.15) is 22.8 Å². The summed E-state index contributed by atoms with van der Waals surface area (Å²) in [5, 5.41) is 10.6. The molecule has 0 aliphatic heterocycles. The molecule has 5 aromatic rings. The number of hydrogen-bond donors (Lipinski definition) is 1. The summed E-state index contributed by atoms with van der Waals surface area (Å²) >= 11 is 6.09. The van der Waals surface area contributed by atoms with Crippen molar-refractivity contribution in [3.63, 3.8) is 0 Å². The third-order valence-electron chi connectivity index (χ3n) is 6.97. The second-order valence-corrected chi connectivity index (χ2v) is 10.6. The van der Waals surface area contributed by atoms with Gasteiger partial charge in [0.25, 0.3) is 0 Å². The van der Waals surface area contributed by atoms with Crippen LogP contribution in [0, 0.1) is 5.92 Å². The Balaban J connectivity index is 1.23. The highest BCUT2D eigenvalue weighted by Crippen LogP contribution is 2.37. The fourth-order valence-corrected chi connectivity index (χ4v) is 4.69. The van der Waals surface area contributed by atoms with Gasteiger partial charge < -0.3 is 19.5 Å². The third-order valence-corrected chi connectivity index (χ3v) is 7.22. The van der Waals surface area contributed by atoms with Crippen molar-refractivity contribution in [1.82, 2.24) is 9.97 Å². The average Bonchev–Trinajstić information content (AvgIpc) is 3.86. The average molecular weight is 592 g/mol. The predicted octanol–water partition coefficient (Wildman–Crippen LogP) is 8.19. The molecular formula is C34H26ClN3O5. The van der Waals surface area contributed by atoms with Gasteiger partial charge in [-0.25, -0.2) is 4.79 Å². The van der Waals surface area contributed by atoms with Crippen molar-refractivity contribution >= 4 is 34.7 Å². The van der Waals surface area contributed by atoms with Gasteiger partial charge in [-0.15, -0.1) is 0 Å². The maximum Gasteiger partial charge on any atom is 0.339 e. The molecule has 0 spiro atoms. The van der Waals surface area contributed by atoms with E-state index in [1.807, 2.05) is 30.3 Å². The molecule has 1 N–H and O–H groups in total. The first-order valence-corrected chi connectivity index (χ1v) is 14.1. The van der Waals surface area contributed by atoms with Gasteiger partial charge in [0, 0.05) is 29.0 Å². The van der Waals surface area contributed by atoms with E-state index in [-0.39, 0.29) is 22.6 Å². The standard InChI is InChI=1S/C34H26ClN3O5/c35-24-10-12-25(13-11-24)38(21-22-7-8-22)26-14-15-29(37-19-26)33(39)23-9-16-30(28(18-23)34(40)41)43-32-6-2-1-5-31(32)42-27-4-3-17-36-20-27/h1-6,9-20,22H,7-8,21H2,(H,40,41). The molecule has 1 aliphatic carbocycles. The lowest BCUT2D eigenvalue weighted by atomic mass is 10.0. The molecule has 1 fully saturated rings. The first-order chi connectivity index (χ1) is 20.9. The van der Waals surface area contributed by atoms with Gasteiger partial charge in [0.2, 0.25) is 5.78 Å². The van der Waals surface area contributed by atoms with Crippen LogP contribution in [0.1, 0.15) is 39.3 Å². The van der Waals surface area contributed by atoms with E-state index in [9.17, 15) is 14.7 Å². The molecular weight excluding hydrogens is 566 g/mol. The zero-order valence-corrected chi connectivity index (χ0v) is 23.6. The minimum absolute atomic E-state index is 0.0632. The lowest BCUT2D eigenvalue weighted by Gasteiger charge is -2.25. The van der Waals surface area contributed by atoms with Crippen molar-refractivity contribution in [2.75, 3.05) is 11.4 Å². The van der Waals surface area contributed by atoms with E-state index in [4.69, 9.17) is 21.1 Å². The highest BCUT2D eigenvalue weighted by Gasteiger charge is 2.26.